The molecule has 0 bridgehead atoms. The highest BCUT2D eigenvalue weighted by atomic mass is 16.1. The van der Waals surface area contributed by atoms with Crippen molar-refractivity contribution in [1.29, 1.82) is 0 Å². The van der Waals surface area contributed by atoms with Crippen LogP contribution in [0, 0.1) is 5.92 Å². The molecule has 0 aliphatic heterocycles. The molecule has 0 fully saturated rings. The third-order valence-corrected chi connectivity index (χ3v) is 6.17. The summed E-state index contributed by atoms with van der Waals surface area (Å²) >= 11 is 0. The molecule has 0 amide bonds. The van der Waals surface area contributed by atoms with Crippen LogP contribution in [-0.4, -0.2) is 25.7 Å². The molecule has 1 N–H and O–H groups in total. The molecular formula is C29H59NO2. The Kier molecular flexibility index (Phi) is 29.6. The zero-order valence-electron chi connectivity index (χ0n) is 22.7. The van der Waals surface area contributed by atoms with E-state index in [0.717, 1.165) is 12.8 Å². The normalized spacial score (nSPS) is 11.7. The van der Waals surface area contributed by atoms with Crippen molar-refractivity contribution in [2.75, 3.05) is 14.1 Å². The second kappa shape index (κ2) is 28.3. The second-order valence-electron chi connectivity index (χ2n) is 9.77. The fraction of sp³-hybridized carbons (Fsp3) is 0.931. The average molecular weight is 454 g/mol. The van der Waals surface area contributed by atoms with Gasteiger partial charge in [0.15, 0.2) is 0 Å². The Morgan fingerprint density at radius 2 is 0.875 bits per heavy atom. The van der Waals surface area contributed by atoms with E-state index in [-0.39, 0.29) is 5.92 Å². The molecule has 0 aliphatic rings. The van der Waals surface area contributed by atoms with Crippen molar-refractivity contribution in [3.8, 4) is 0 Å². The highest BCUT2D eigenvalue weighted by molar-refractivity contribution is 5.87. The van der Waals surface area contributed by atoms with Gasteiger partial charge in [-0.2, -0.15) is 0 Å². The van der Waals surface area contributed by atoms with Crippen LogP contribution >= 0.6 is 0 Å². The predicted octanol–water partition coefficient (Wildman–Crippen LogP) is 8.83. The van der Waals surface area contributed by atoms with Gasteiger partial charge in [0.05, 0.1) is 0 Å². The smallest absolute Gasteiger partial charge is 0.136 e. The van der Waals surface area contributed by atoms with Crippen LogP contribution in [0.15, 0.2) is 0 Å². The first kappa shape index (κ1) is 33.5. The largest absolute Gasteiger partial charge is 0.323 e. The van der Waals surface area contributed by atoms with Gasteiger partial charge in [-0.15, -0.1) is 0 Å². The van der Waals surface area contributed by atoms with Gasteiger partial charge in [-0.3, -0.25) is 9.59 Å². The molecule has 3 heteroatoms. The number of rotatable bonds is 23. The lowest BCUT2D eigenvalue weighted by atomic mass is 9.93. The van der Waals surface area contributed by atoms with E-state index in [9.17, 15) is 9.59 Å². The van der Waals surface area contributed by atoms with Gasteiger partial charge in [-0.1, -0.05) is 124 Å². The topological polar surface area (TPSA) is 46.2 Å². The van der Waals surface area contributed by atoms with E-state index in [1.165, 1.54) is 103 Å². The molecule has 0 spiro atoms. The molecule has 0 aliphatic carbocycles. The molecule has 32 heavy (non-hydrogen) atoms. The lowest BCUT2D eigenvalue weighted by molar-refractivity contribution is -0.127. The van der Waals surface area contributed by atoms with E-state index >= 15 is 0 Å². The Labute approximate surface area is 202 Å². The maximum absolute atomic E-state index is 12.3. The molecule has 192 valence electrons. The van der Waals surface area contributed by atoms with Crippen molar-refractivity contribution < 1.29 is 9.59 Å². The minimum absolute atomic E-state index is 0.0740. The summed E-state index contributed by atoms with van der Waals surface area (Å²) in [6.45, 7) is 6.45. The lowest BCUT2D eigenvalue weighted by Gasteiger charge is -2.10. The van der Waals surface area contributed by atoms with Gasteiger partial charge in [0.2, 0.25) is 0 Å². The Hall–Kier alpha value is -0.700. The maximum atomic E-state index is 12.3. The number of unbranched alkanes of at least 4 members (excludes halogenated alkanes) is 16. The van der Waals surface area contributed by atoms with Crippen LogP contribution in [0.4, 0.5) is 0 Å². The zero-order chi connectivity index (χ0) is 24.3. The van der Waals surface area contributed by atoms with Gasteiger partial charge in [0, 0.05) is 25.2 Å². The maximum Gasteiger partial charge on any atom is 0.136 e. The first-order valence-electron chi connectivity index (χ1n) is 14.2. The summed E-state index contributed by atoms with van der Waals surface area (Å²) in [5.74, 6) is 0.518. The first-order chi connectivity index (χ1) is 15.5. The minimum Gasteiger partial charge on any atom is -0.323 e. The van der Waals surface area contributed by atoms with Crippen molar-refractivity contribution in [1.82, 2.24) is 5.32 Å². The molecule has 1 atom stereocenters. The van der Waals surface area contributed by atoms with Crippen LogP contribution in [0.1, 0.15) is 156 Å². The number of nitrogens with one attached hydrogen (secondary N) is 1. The first-order valence-corrected chi connectivity index (χ1v) is 14.2. The Balaban J connectivity index is 0. The predicted molar refractivity (Wildman–Crippen MR) is 142 cm³/mol. The number of hydrogen-bond acceptors (Lipinski definition) is 3. The van der Waals surface area contributed by atoms with Crippen LogP contribution in [0.25, 0.3) is 0 Å². The third kappa shape index (κ3) is 27.3. The Bertz CT molecular complexity index is 395. The highest BCUT2D eigenvalue weighted by Gasteiger charge is 2.16. The summed E-state index contributed by atoms with van der Waals surface area (Å²) in [6.07, 6.45) is 24.8. The number of hydrogen-bond donors (Lipinski definition) is 1. The van der Waals surface area contributed by atoms with E-state index in [1.54, 1.807) is 0 Å². The van der Waals surface area contributed by atoms with Crippen LogP contribution in [-0.2, 0) is 9.59 Å². The Morgan fingerprint density at radius 3 is 1.25 bits per heavy atom. The van der Waals surface area contributed by atoms with E-state index in [2.05, 4.69) is 19.2 Å². The zero-order valence-corrected chi connectivity index (χ0v) is 22.7. The third-order valence-electron chi connectivity index (χ3n) is 6.17. The average Bonchev–Trinajstić information content (AvgIpc) is 2.77. The van der Waals surface area contributed by atoms with Crippen molar-refractivity contribution in [2.45, 2.75) is 156 Å². The second-order valence-corrected chi connectivity index (χ2v) is 9.77. The van der Waals surface area contributed by atoms with Crippen molar-refractivity contribution in [3.05, 3.63) is 0 Å². The fourth-order valence-electron chi connectivity index (χ4n) is 4.05. The molecule has 0 aromatic carbocycles. The lowest BCUT2D eigenvalue weighted by Crippen LogP contribution is -2.15. The highest BCUT2D eigenvalue weighted by Crippen LogP contribution is 2.16. The fourth-order valence-corrected chi connectivity index (χ4v) is 4.05. The SMILES string of the molecule is CCCCCCCCCCCC(=O)CC(C)C(=O)CCCCCCCCCCC.CNC. The molecule has 0 saturated heterocycles. The monoisotopic (exact) mass is 453 g/mol. The van der Waals surface area contributed by atoms with Gasteiger partial charge >= 0.3 is 0 Å². The van der Waals surface area contributed by atoms with E-state index in [1.807, 2.05) is 21.0 Å². The van der Waals surface area contributed by atoms with E-state index in [0.29, 0.717) is 30.8 Å². The molecule has 3 nitrogen and oxygen atoms in total. The van der Waals surface area contributed by atoms with Crippen molar-refractivity contribution in [3.63, 3.8) is 0 Å². The van der Waals surface area contributed by atoms with E-state index in [4.69, 9.17) is 0 Å². The molecular weight excluding hydrogens is 394 g/mol. The summed E-state index contributed by atoms with van der Waals surface area (Å²) < 4.78 is 0. The van der Waals surface area contributed by atoms with Crippen LogP contribution < -0.4 is 5.32 Å². The number of ketones is 2. The summed E-state index contributed by atoms with van der Waals surface area (Å²) in [7, 11) is 3.75. The van der Waals surface area contributed by atoms with E-state index < -0.39 is 0 Å². The molecule has 0 radical (unpaired) electrons. The summed E-state index contributed by atoms with van der Waals surface area (Å²) in [6, 6.07) is 0. The molecule has 0 aromatic heterocycles. The Morgan fingerprint density at radius 1 is 0.562 bits per heavy atom. The van der Waals surface area contributed by atoms with Crippen LogP contribution in [0.5, 0.6) is 0 Å². The molecule has 0 heterocycles. The standard InChI is InChI=1S/C27H52O2.C2H7N/c1-4-6-8-10-12-14-16-18-20-22-26(28)24-25(3)27(29)23-21-19-17-15-13-11-9-7-5-2;1-3-2/h25H,4-24H2,1-3H3;3H,1-2H3. The summed E-state index contributed by atoms with van der Waals surface area (Å²) in [5, 5.41) is 2.75. The summed E-state index contributed by atoms with van der Waals surface area (Å²) in [5.41, 5.74) is 0. The van der Waals surface area contributed by atoms with Gasteiger partial charge < -0.3 is 5.32 Å². The van der Waals surface area contributed by atoms with Crippen molar-refractivity contribution in [2.24, 2.45) is 5.92 Å². The minimum atomic E-state index is -0.0740. The van der Waals surface area contributed by atoms with Crippen LogP contribution in [0.3, 0.4) is 0 Å². The molecule has 1 unspecified atom stereocenters. The van der Waals surface area contributed by atoms with Crippen LogP contribution in [0.2, 0.25) is 0 Å². The quantitative estimate of drug-likeness (QED) is 0.157. The van der Waals surface area contributed by atoms with Gasteiger partial charge in [0.1, 0.15) is 11.6 Å². The molecule has 0 aromatic rings. The summed E-state index contributed by atoms with van der Waals surface area (Å²) in [4.78, 5) is 24.4. The number of carbonyl (C=O) groups excluding carboxylic acids is 2. The molecule has 0 rings (SSSR count). The molecule has 0 saturated carbocycles. The van der Waals surface area contributed by atoms with Crippen molar-refractivity contribution >= 4 is 11.6 Å². The van der Waals surface area contributed by atoms with Gasteiger partial charge in [-0.05, 0) is 26.9 Å². The van der Waals surface area contributed by atoms with Gasteiger partial charge in [-0.25, -0.2) is 0 Å². The number of carbonyl (C=O) groups is 2. The number of Topliss-reactive ketones (excluding diaryl/α,β-unsaturated/α-hetero) is 2. The van der Waals surface area contributed by atoms with Gasteiger partial charge in [0.25, 0.3) is 0 Å².